The van der Waals surface area contributed by atoms with Gasteiger partial charge in [0.2, 0.25) is 0 Å². The molecule has 0 fully saturated rings. The predicted molar refractivity (Wildman–Crippen MR) is 103 cm³/mol. The second kappa shape index (κ2) is 8.89. The van der Waals surface area contributed by atoms with E-state index in [0.29, 0.717) is 16.9 Å². The van der Waals surface area contributed by atoms with Crippen LogP contribution >= 0.6 is 0 Å². The summed E-state index contributed by atoms with van der Waals surface area (Å²) in [4.78, 5) is 23.7. The number of Topliss-reactive ketones (excluding diaryl/α,β-unsaturated/α-hetero) is 1. The van der Waals surface area contributed by atoms with Crippen molar-refractivity contribution in [2.75, 3.05) is 13.7 Å². The van der Waals surface area contributed by atoms with Crippen LogP contribution in [0.5, 0.6) is 17.2 Å². The molecule has 0 spiro atoms. The second-order valence-electron chi connectivity index (χ2n) is 5.50. The van der Waals surface area contributed by atoms with E-state index >= 15 is 0 Å². The van der Waals surface area contributed by atoms with Crippen molar-refractivity contribution in [3.05, 3.63) is 64.0 Å². The lowest BCUT2D eigenvalue weighted by Gasteiger charge is -2.08. The van der Waals surface area contributed by atoms with Crippen molar-refractivity contribution in [1.29, 1.82) is 0 Å². The summed E-state index contributed by atoms with van der Waals surface area (Å²) in [7, 11) is 1.41. The van der Waals surface area contributed by atoms with Gasteiger partial charge >= 0.3 is 5.63 Å². The van der Waals surface area contributed by atoms with Crippen LogP contribution in [0.1, 0.15) is 29.8 Å². The summed E-state index contributed by atoms with van der Waals surface area (Å²) >= 11 is 0. The van der Waals surface area contributed by atoms with E-state index in [4.69, 9.17) is 13.9 Å². The van der Waals surface area contributed by atoms with Gasteiger partial charge in [-0.15, -0.1) is 0 Å². The van der Waals surface area contributed by atoms with Crippen LogP contribution in [0.15, 0.2) is 51.7 Å². The lowest BCUT2D eigenvalue weighted by molar-refractivity contribution is 0.0921. The number of hydrogen-bond donors (Lipinski definition) is 1. The molecule has 6 nitrogen and oxygen atoms in total. The fourth-order valence-electron chi connectivity index (χ4n) is 2.48. The maximum Gasteiger partial charge on any atom is 0.336 e. The minimum atomic E-state index is -0.436. The Morgan fingerprint density at radius 1 is 1.11 bits per heavy atom. The van der Waals surface area contributed by atoms with E-state index in [1.807, 2.05) is 20.8 Å². The summed E-state index contributed by atoms with van der Waals surface area (Å²) in [5, 5.41) is 10.4. The van der Waals surface area contributed by atoms with E-state index in [1.165, 1.54) is 31.4 Å². The number of rotatable bonds is 5. The summed E-state index contributed by atoms with van der Waals surface area (Å²) in [6.45, 7) is 5.62. The van der Waals surface area contributed by atoms with Crippen molar-refractivity contribution < 1.29 is 23.8 Å². The zero-order chi connectivity index (χ0) is 20.0. The minimum absolute atomic E-state index is 0.0418. The number of fused-ring (bicyclic) bond motifs is 1. The Balaban J connectivity index is 0.00000126. The molecular formula is C21H22O6. The Morgan fingerprint density at radius 3 is 2.56 bits per heavy atom. The number of benzene rings is 2. The normalized spacial score (nSPS) is 10.1. The molecule has 0 amide bonds. The van der Waals surface area contributed by atoms with E-state index in [0.717, 1.165) is 10.9 Å². The van der Waals surface area contributed by atoms with Gasteiger partial charge in [-0.1, -0.05) is 13.8 Å². The summed E-state index contributed by atoms with van der Waals surface area (Å²) in [5.74, 6) is 0.318. The highest BCUT2D eigenvalue weighted by molar-refractivity contribution is 5.97. The number of hydrogen-bond acceptors (Lipinski definition) is 6. The number of aryl methyl sites for hydroxylation is 1. The number of phenols is 1. The molecule has 0 aliphatic rings. The first kappa shape index (κ1) is 20.0. The number of carbonyl (C=O) groups is 1. The average molecular weight is 370 g/mol. The average Bonchev–Trinajstić information content (AvgIpc) is 2.67. The molecule has 6 heteroatoms. The molecule has 0 atom stereocenters. The monoisotopic (exact) mass is 370 g/mol. The van der Waals surface area contributed by atoms with Crippen LogP contribution in [0.25, 0.3) is 11.0 Å². The molecule has 0 radical (unpaired) electrons. The van der Waals surface area contributed by atoms with Crippen LogP contribution in [-0.4, -0.2) is 24.6 Å². The molecule has 3 rings (SSSR count). The van der Waals surface area contributed by atoms with Gasteiger partial charge < -0.3 is 19.0 Å². The third kappa shape index (κ3) is 4.67. The van der Waals surface area contributed by atoms with Gasteiger partial charge in [0.15, 0.2) is 23.9 Å². The molecule has 27 heavy (non-hydrogen) atoms. The molecule has 142 valence electrons. The van der Waals surface area contributed by atoms with Crippen LogP contribution in [-0.2, 0) is 0 Å². The fraction of sp³-hybridized carbons (Fsp3) is 0.238. The summed E-state index contributed by atoms with van der Waals surface area (Å²) in [6.07, 6.45) is 0. The van der Waals surface area contributed by atoms with E-state index in [1.54, 1.807) is 18.2 Å². The molecule has 0 saturated heterocycles. The number of methoxy groups -OCH3 is 1. The van der Waals surface area contributed by atoms with Crippen molar-refractivity contribution in [2.45, 2.75) is 20.8 Å². The van der Waals surface area contributed by atoms with Crippen molar-refractivity contribution >= 4 is 16.8 Å². The quantitative estimate of drug-likeness (QED) is 0.537. The molecule has 0 saturated carbocycles. The van der Waals surface area contributed by atoms with E-state index in [-0.39, 0.29) is 23.9 Å². The van der Waals surface area contributed by atoms with Gasteiger partial charge in [-0.2, -0.15) is 0 Å². The third-order valence-electron chi connectivity index (χ3n) is 3.79. The number of ketones is 1. The molecule has 0 aliphatic carbocycles. The van der Waals surface area contributed by atoms with Crippen LogP contribution in [0.2, 0.25) is 0 Å². The van der Waals surface area contributed by atoms with Gasteiger partial charge in [0.25, 0.3) is 0 Å². The zero-order valence-corrected chi connectivity index (χ0v) is 15.7. The molecular weight excluding hydrogens is 348 g/mol. The Hall–Kier alpha value is -3.28. The SMILES string of the molecule is CC.COc1cc(C(=O)COc2ccc3c(C)cc(=O)oc3c2)ccc1O. The van der Waals surface area contributed by atoms with Crippen LogP contribution in [0.3, 0.4) is 0 Å². The van der Waals surface area contributed by atoms with Crippen molar-refractivity contribution in [1.82, 2.24) is 0 Å². The Bertz CT molecular complexity index is 1000. The summed E-state index contributed by atoms with van der Waals surface area (Å²) in [5.41, 5.74) is 1.14. The molecule has 1 N–H and O–H groups in total. The van der Waals surface area contributed by atoms with Gasteiger partial charge in [-0.25, -0.2) is 4.79 Å². The highest BCUT2D eigenvalue weighted by atomic mass is 16.5. The first-order valence-corrected chi connectivity index (χ1v) is 8.55. The lowest BCUT2D eigenvalue weighted by atomic mass is 10.1. The third-order valence-corrected chi connectivity index (χ3v) is 3.79. The summed E-state index contributed by atoms with van der Waals surface area (Å²) < 4.78 is 15.6. The minimum Gasteiger partial charge on any atom is -0.504 e. The maximum absolute atomic E-state index is 12.2. The Kier molecular flexibility index (Phi) is 6.60. The van der Waals surface area contributed by atoms with Gasteiger partial charge in [-0.3, -0.25) is 4.79 Å². The number of carbonyl (C=O) groups excluding carboxylic acids is 1. The fourth-order valence-corrected chi connectivity index (χ4v) is 2.48. The standard InChI is InChI=1S/C19H16O6.C2H6/c1-11-7-19(22)25-17-9-13(4-5-14(11)17)24-10-16(21)12-3-6-15(20)18(8-12)23-2;1-2/h3-9,20H,10H2,1-2H3;1-2H3. The highest BCUT2D eigenvalue weighted by Gasteiger charge is 2.11. The molecule has 1 aromatic heterocycles. The molecule has 2 aromatic carbocycles. The molecule has 0 aliphatic heterocycles. The van der Waals surface area contributed by atoms with Crippen LogP contribution in [0, 0.1) is 6.92 Å². The van der Waals surface area contributed by atoms with E-state index < -0.39 is 5.63 Å². The topological polar surface area (TPSA) is 86.0 Å². The Labute approximate surface area is 157 Å². The zero-order valence-electron chi connectivity index (χ0n) is 15.7. The highest BCUT2D eigenvalue weighted by Crippen LogP contribution is 2.27. The molecule has 0 bridgehead atoms. The van der Waals surface area contributed by atoms with E-state index in [2.05, 4.69) is 0 Å². The summed E-state index contributed by atoms with van der Waals surface area (Å²) in [6, 6.07) is 10.8. The van der Waals surface area contributed by atoms with Gasteiger partial charge in [0, 0.05) is 23.1 Å². The predicted octanol–water partition coefficient (Wildman–Crippen LogP) is 4.10. The van der Waals surface area contributed by atoms with Crippen LogP contribution in [0.4, 0.5) is 0 Å². The van der Waals surface area contributed by atoms with Crippen LogP contribution < -0.4 is 15.1 Å². The number of aromatic hydroxyl groups is 1. The largest absolute Gasteiger partial charge is 0.504 e. The second-order valence-corrected chi connectivity index (χ2v) is 5.50. The Morgan fingerprint density at radius 2 is 1.85 bits per heavy atom. The molecule has 0 unspecified atom stereocenters. The van der Waals surface area contributed by atoms with E-state index in [9.17, 15) is 14.7 Å². The van der Waals surface area contributed by atoms with Crippen molar-refractivity contribution in [3.63, 3.8) is 0 Å². The van der Waals surface area contributed by atoms with Crippen molar-refractivity contribution in [2.24, 2.45) is 0 Å². The first-order chi connectivity index (χ1) is 13.0. The number of phenolic OH excluding ortho intramolecular Hbond substituents is 1. The van der Waals surface area contributed by atoms with Gasteiger partial charge in [0.1, 0.15) is 11.3 Å². The van der Waals surface area contributed by atoms with Gasteiger partial charge in [0.05, 0.1) is 7.11 Å². The van der Waals surface area contributed by atoms with Crippen molar-refractivity contribution in [3.8, 4) is 17.2 Å². The smallest absolute Gasteiger partial charge is 0.336 e. The maximum atomic E-state index is 12.2. The number of ether oxygens (including phenoxy) is 2. The van der Waals surface area contributed by atoms with Gasteiger partial charge in [-0.05, 0) is 42.8 Å². The molecule has 1 heterocycles. The first-order valence-electron chi connectivity index (χ1n) is 8.55. The lowest BCUT2D eigenvalue weighted by Crippen LogP contribution is -2.11. The molecule has 3 aromatic rings.